The van der Waals surface area contributed by atoms with E-state index in [0.717, 1.165) is 62.1 Å². The molecule has 0 aliphatic carbocycles. The fourth-order valence-corrected chi connectivity index (χ4v) is 3.67. The van der Waals surface area contributed by atoms with Crippen LogP contribution in [0.15, 0.2) is 12.1 Å². The average Bonchev–Trinajstić information content (AvgIpc) is 3.21. The molecule has 0 fully saturated rings. The van der Waals surface area contributed by atoms with Crippen LogP contribution in [0.5, 0.6) is 5.75 Å². The zero-order valence-corrected chi connectivity index (χ0v) is 18.4. The summed E-state index contributed by atoms with van der Waals surface area (Å²) in [4.78, 5) is 0. The van der Waals surface area contributed by atoms with Crippen LogP contribution in [0.1, 0.15) is 82.5 Å². The van der Waals surface area contributed by atoms with Crippen molar-refractivity contribution in [3.05, 3.63) is 33.6 Å². The summed E-state index contributed by atoms with van der Waals surface area (Å²) < 4.78 is 6.04. The maximum Gasteiger partial charge on any atom is 0.148 e. The minimum absolute atomic E-state index is 0.608. The summed E-state index contributed by atoms with van der Waals surface area (Å²) in [6, 6.07) is 3.78. The topological polar surface area (TPSA) is 63.7 Å². The van der Waals surface area contributed by atoms with Gasteiger partial charge in [0.25, 0.3) is 0 Å². The van der Waals surface area contributed by atoms with Gasteiger partial charge in [-0.05, 0) is 48.2 Å². The number of tetrazole rings is 1. The highest BCUT2D eigenvalue weighted by Gasteiger charge is 2.12. The Morgan fingerprint density at radius 2 is 1.61 bits per heavy atom. The lowest BCUT2D eigenvalue weighted by Crippen LogP contribution is -2.02. The van der Waals surface area contributed by atoms with Crippen LogP contribution < -0.4 is 4.74 Å². The summed E-state index contributed by atoms with van der Waals surface area (Å²) in [6.45, 7) is 2.94. The van der Waals surface area contributed by atoms with Gasteiger partial charge in [0.2, 0.25) is 0 Å². The molecule has 1 aromatic heterocycles. The molecule has 0 atom stereocenters. The third-order valence-electron chi connectivity index (χ3n) is 4.89. The van der Waals surface area contributed by atoms with Gasteiger partial charge < -0.3 is 4.74 Å². The molecule has 1 aromatic carbocycles. The van der Waals surface area contributed by atoms with E-state index in [0.29, 0.717) is 16.7 Å². The van der Waals surface area contributed by atoms with Crippen LogP contribution >= 0.6 is 23.2 Å². The molecule has 7 heteroatoms. The fourth-order valence-electron chi connectivity index (χ4n) is 3.24. The molecule has 0 saturated carbocycles. The smallest absolute Gasteiger partial charge is 0.148 e. The van der Waals surface area contributed by atoms with Gasteiger partial charge in [0.05, 0.1) is 16.7 Å². The number of halogens is 2. The number of H-pyrrole nitrogens is 1. The minimum atomic E-state index is 0.608. The van der Waals surface area contributed by atoms with Crippen molar-refractivity contribution in [1.82, 2.24) is 20.6 Å². The molecule has 0 bridgehead atoms. The van der Waals surface area contributed by atoms with E-state index in [1.807, 2.05) is 12.1 Å². The predicted molar refractivity (Wildman–Crippen MR) is 115 cm³/mol. The van der Waals surface area contributed by atoms with Gasteiger partial charge in [-0.3, -0.25) is 0 Å². The van der Waals surface area contributed by atoms with Crippen molar-refractivity contribution in [2.45, 2.75) is 84.0 Å². The molecule has 0 saturated heterocycles. The van der Waals surface area contributed by atoms with Gasteiger partial charge >= 0.3 is 0 Å². The first-order valence-corrected chi connectivity index (χ1v) is 11.3. The number of nitrogens with zero attached hydrogens (tertiary/aromatic N) is 3. The molecule has 0 spiro atoms. The lowest BCUT2D eigenvalue weighted by Gasteiger charge is -2.14. The monoisotopic (exact) mass is 426 g/mol. The second-order valence-electron chi connectivity index (χ2n) is 7.22. The summed E-state index contributed by atoms with van der Waals surface area (Å²) in [6.07, 6.45) is 13.7. The highest BCUT2D eigenvalue weighted by molar-refractivity contribution is 6.42. The van der Waals surface area contributed by atoms with Crippen molar-refractivity contribution < 1.29 is 4.74 Å². The summed E-state index contributed by atoms with van der Waals surface area (Å²) in [5.41, 5.74) is 1.06. The van der Waals surface area contributed by atoms with Crippen molar-refractivity contribution in [3.63, 3.8) is 0 Å². The Morgan fingerprint density at radius 3 is 2.36 bits per heavy atom. The number of benzene rings is 1. The first-order chi connectivity index (χ1) is 13.7. The molecule has 0 aliphatic heterocycles. The highest BCUT2D eigenvalue weighted by atomic mass is 35.5. The van der Waals surface area contributed by atoms with Crippen LogP contribution in [0, 0.1) is 0 Å². The predicted octanol–water partition coefficient (Wildman–Crippen LogP) is 6.59. The zero-order chi connectivity index (χ0) is 20.0. The number of ether oxygens (including phenoxy) is 1. The van der Waals surface area contributed by atoms with E-state index in [4.69, 9.17) is 27.9 Å². The summed E-state index contributed by atoms with van der Waals surface area (Å²) >= 11 is 12.7. The summed E-state index contributed by atoms with van der Waals surface area (Å²) in [5.74, 6) is 1.74. The van der Waals surface area contributed by atoms with E-state index in [1.165, 1.54) is 32.1 Å². The number of aryl methyl sites for hydroxylation is 1. The standard InChI is InChI=1S/C21H32Cl2N4O/c1-2-3-4-5-6-9-12-17-19(15-14-18(22)21(17)23)28-16-11-8-7-10-13-20-24-26-27-25-20/h14-15H,2-13,16H2,1H3,(H,24,25,26,27). The van der Waals surface area contributed by atoms with E-state index in [9.17, 15) is 0 Å². The summed E-state index contributed by atoms with van der Waals surface area (Å²) in [5, 5.41) is 15.1. The van der Waals surface area contributed by atoms with E-state index in [2.05, 4.69) is 27.5 Å². The van der Waals surface area contributed by atoms with Gasteiger partial charge in [-0.25, -0.2) is 5.10 Å². The number of nitrogens with one attached hydrogen (secondary N) is 1. The number of hydrogen-bond donors (Lipinski definition) is 1. The lowest BCUT2D eigenvalue weighted by atomic mass is 10.0. The van der Waals surface area contributed by atoms with Gasteiger partial charge in [-0.2, -0.15) is 0 Å². The third-order valence-corrected chi connectivity index (χ3v) is 5.73. The van der Waals surface area contributed by atoms with Crippen molar-refractivity contribution in [2.75, 3.05) is 6.61 Å². The molecule has 2 aromatic rings. The van der Waals surface area contributed by atoms with Crippen LogP contribution in [-0.4, -0.2) is 27.2 Å². The van der Waals surface area contributed by atoms with Gasteiger partial charge in [0, 0.05) is 12.0 Å². The Balaban J connectivity index is 1.68. The Morgan fingerprint density at radius 1 is 0.893 bits per heavy atom. The van der Waals surface area contributed by atoms with Crippen molar-refractivity contribution >= 4 is 23.2 Å². The maximum absolute atomic E-state index is 6.46. The summed E-state index contributed by atoms with van der Waals surface area (Å²) in [7, 11) is 0. The van der Waals surface area contributed by atoms with Crippen LogP contribution in [0.4, 0.5) is 0 Å². The third kappa shape index (κ3) is 8.36. The van der Waals surface area contributed by atoms with Crippen molar-refractivity contribution in [3.8, 4) is 5.75 Å². The van der Waals surface area contributed by atoms with E-state index >= 15 is 0 Å². The molecule has 0 unspecified atom stereocenters. The molecule has 2 rings (SSSR count). The van der Waals surface area contributed by atoms with E-state index < -0.39 is 0 Å². The first-order valence-electron chi connectivity index (χ1n) is 10.5. The number of aromatic amines is 1. The molecular weight excluding hydrogens is 395 g/mol. The fraction of sp³-hybridized carbons (Fsp3) is 0.667. The largest absolute Gasteiger partial charge is 0.493 e. The molecule has 1 heterocycles. The second kappa shape index (κ2) is 13.8. The molecular formula is C21H32Cl2N4O. The molecule has 0 radical (unpaired) electrons. The average molecular weight is 427 g/mol. The maximum atomic E-state index is 6.46. The van der Waals surface area contributed by atoms with E-state index in [1.54, 1.807) is 0 Å². The molecule has 28 heavy (non-hydrogen) atoms. The Hall–Kier alpha value is -1.33. The lowest BCUT2D eigenvalue weighted by molar-refractivity contribution is 0.301. The molecule has 0 aliphatic rings. The van der Waals surface area contributed by atoms with Crippen molar-refractivity contribution in [1.29, 1.82) is 0 Å². The number of hydrogen-bond acceptors (Lipinski definition) is 4. The quantitative estimate of drug-likeness (QED) is 0.326. The Bertz CT molecular complexity index is 665. The normalized spacial score (nSPS) is 11.1. The highest BCUT2D eigenvalue weighted by Crippen LogP contribution is 2.34. The SMILES string of the molecule is CCCCCCCCc1c(OCCCCCCc2nnn[nH]2)ccc(Cl)c1Cl. The molecule has 0 amide bonds. The van der Waals surface area contributed by atoms with Gasteiger partial charge in [-0.15, -0.1) is 5.10 Å². The number of rotatable bonds is 15. The molecule has 156 valence electrons. The number of unbranched alkanes of at least 4 members (excludes halogenated alkanes) is 8. The van der Waals surface area contributed by atoms with Gasteiger partial charge in [0.1, 0.15) is 11.6 Å². The first kappa shape index (κ1) is 23.0. The van der Waals surface area contributed by atoms with Crippen LogP contribution in [0.25, 0.3) is 0 Å². The van der Waals surface area contributed by atoms with Crippen LogP contribution in [0.3, 0.4) is 0 Å². The van der Waals surface area contributed by atoms with Crippen LogP contribution in [0.2, 0.25) is 10.0 Å². The van der Waals surface area contributed by atoms with E-state index in [-0.39, 0.29) is 0 Å². The van der Waals surface area contributed by atoms with Crippen LogP contribution in [-0.2, 0) is 12.8 Å². The molecule has 5 nitrogen and oxygen atoms in total. The second-order valence-corrected chi connectivity index (χ2v) is 8.00. The van der Waals surface area contributed by atoms with Gasteiger partial charge in [0.15, 0.2) is 0 Å². The zero-order valence-electron chi connectivity index (χ0n) is 16.9. The Kier molecular flexibility index (Phi) is 11.3. The molecule has 1 N–H and O–H groups in total. The number of aromatic nitrogens is 4. The Labute approximate surface area is 178 Å². The van der Waals surface area contributed by atoms with Crippen molar-refractivity contribution in [2.24, 2.45) is 0 Å². The minimum Gasteiger partial charge on any atom is -0.493 e. The van der Waals surface area contributed by atoms with Gasteiger partial charge in [-0.1, -0.05) is 75.1 Å².